The number of nitriles is 1. The predicted molar refractivity (Wildman–Crippen MR) is 94.9 cm³/mol. The van der Waals surface area contributed by atoms with E-state index in [1.807, 2.05) is 13.8 Å². The summed E-state index contributed by atoms with van der Waals surface area (Å²) in [5.74, 6) is -1.35. The normalized spacial score (nSPS) is 16.9. The second kappa shape index (κ2) is 8.35. The lowest BCUT2D eigenvalue weighted by Crippen LogP contribution is -2.47. The van der Waals surface area contributed by atoms with E-state index in [-0.39, 0.29) is 12.5 Å². The number of halogens is 1. The summed E-state index contributed by atoms with van der Waals surface area (Å²) in [6.07, 6.45) is 3.12. The molecule has 134 valence electrons. The van der Waals surface area contributed by atoms with E-state index in [0.717, 1.165) is 18.4 Å². The van der Waals surface area contributed by atoms with Crippen LogP contribution in [0.4, 0.5) is 0 Å². The zero-order valence-electron chi connectivity index (χ0n) is 14.5. The highest BCUT2D eigenvalue weighted by Gasteiger charge is 2.35. The van der Waals surface area contributed by atoms with Crippen molar-refractivity contribution in [2.24, 2.45) is 5.92 Å². The van der Waals surface area contributed by atoms with Crippen LogP contribution >= 0.6 is 11.6 Å². The monoisotopic (exact) mass is 362 g/mol. The van der Waals surface area contributed by atoms with Crippen LogP contribution in [-0.4, -0.2) is 24.0 Å². The van der Waals surface area contributed by atoms with Gasteiger partial charge in [-0.05, 0) is 49.3 Å². The topological polar surface area (TPSA) is 79.2 Å². The summed E-state index contributed by atoms with van der Waals surface area (Å²) in [5.41, 5.74) is -0.00832. The largest absolute Gasteiger partial charge is 0.455 e. The first-order valence-corrected chi connectivity index (χ1v) is 8.89. The molecule has 1 aliphatic carbocycles. The van der Waals surface area contributed by atoms with Crippen LogP contribution in [0.5, 0.6) is 0 Å². The van der Waals surface area contributed by atoms with Crippen molar-refractivity contribution < 1.29 is 14.3 Å². The molecule has 1 amide bonds. The summed E-state index contributed by atoms with van der Waals surface area (Å²) in [4.78, 5) is 24.5. The molecule has 0 heterocycles. The molecule has 0 radical (unpaired) electrons. The molecule has 0 unspecified atom stereocenters. The van der Waals surface area contributed by atoms with Crippen LogP contribution in [0, 0.1) is 17.2 Å². The van der Waals surface area contributed by atoms with E-state index in [1.54, 1.807) is 24.3 Å². The van der Waals surface area contributed by atoms with Crippen molar-refractivity contribution in [1.82, 2.24) is 5.32 Å². The molecule has 0 saturated heterocycles. The molecule has 1 N–H and O–H groups in total. The van der Waals surface area contributed by atoms with Crippen molar-refractivity contribution >= 4 is 23.5 Å². The van der Waals surface area contributed by atoms with Gasteiger partial charge in [-0.3, -0.25) is 9.59 Å². The Morgan fingerprint density at radius 1 is 1.28 bits per heavy atom. The van der Waals surface area contributed by atoms with Crippen LogP contribution in [0.15, 0.2) is 24.3 Å². The van der Waals surface area contributed by atoms with Gasteiger partial charge in [-0.1, -0.05) is 37.6 Å². The van der Waals surface area contributed by atoms with Crippen molar-refractivity contribution in [3.8, 4) is 6.07 Å². The zero-order chi connectivity index (χ0) is 18.4. The number of ether oxygens (including phenoxy) is 1. The van der Waals surface area contributed by atoms with Gasteiger partial charge in [-0.2, -0.15) is 5.26 Å². The van der Waals surface area contributed by atoms with Crippen LogP contribution in [0.3, 0.4) is 0 Å². The number of carbonyl (C=O) groups excluding carboxylic acids is 2. The number of amides is 1. The molecule has 1 atom stereocenters. The fraction of sp³-hybridized carbons (Fsp3) is 0.526. The summed E-state index contributed by atoms with van der Waals surface area (Å²) in [5, 5.41) is 12.6. The molecule has 6 heteroatoms. The SMILES string of the molecule is CC(C)[C@H](C(=O)OCC(=O)NC1(C#N)CCCC1)c1ccc(Cl)cc1. The van der Waals surface area contributed by atoms with E-state index in [0.29, 0.717) is 17.9 Å². The van der Waals surface area contributed by atoms with E-state index in [1.165, 1.54) is 0 Å². The maximum Gasteiger partial charge on any atom is 0.314 e. The standard InChI is InChI=1S/C19H23ClN2O3/c1-13(2)17(14-5-7-15(20)8-6-14)18(24)25-11-16(23)22-19(12-21)9-3-4-10-19/h5-8,13,17H,3-4,9-11H2,1-2H3,(H,22,23)/t17-/m0/s1. The van der Waals surface area contributed by atoms with Gasteiger partial charge in [0.15, 0.2) is 6.61 Å². The Kier molecular flexibility index (Phi) is 6.44. The van der Waals surface area contributed by atoms with Gasteiger partial charge in [0.2, 0.25) is 0 Å². The first-order valence-electron chi connectivity index (χ1n) is 8.51. The molecule has 0 spiro atoms. The van der Waals surface area contributed by atoms with Crippen LogP contribution < -0.4 is 5.32 Å². The van der Waals surface area contributed by atoms with E-state index in [2.05, 4.69) is 11.4 Å². The number of rotatable bonds is 6. The molecule has 1 fully saturated rings. The molecule has 1 saturated carbocycles. The Labute approximate surface area is 153 Å². The molecule has 1 aliphatic rings. The lowest BCUT2D eigenvalue weighted by molar-refractivity contribution is -0.151. The van der Waals surface area contributed by atoms with Gasteiger partial charge >= 0.3 is 5.97 Å². The third-order valence-electron chi connectivity index (χ3n) is 4.55. The Bertz CT molecular complexity index is 658. The fourth-order valence-electron chi connectivity index (χ4n) is 3.24. The molecule has 5 nitrogen and oxygen atoms in total. The fourth-order valence-corrected chi connectivity index (χ4v) is 3.36. The number of nitrogens with zero attached hydrogens (tertiary/aromatic N) is 1. The molecular weight excluding hydrogens is 340 g/mol. The van der Waals surface area contributed by atoms with Gasteiger partial charge in [-0.15, -0.1) is 0 Å². The molecule has 2 rings (SSSR count). The minimum absolute atomic E-state index is 0.0111. The number of benzene rings is 1. The number of nitrogens with one attached hydrogen (secondary N) is 1. The van der Waals surface area contributed by atoms with Crippen LogP contribution in [0.1, 0.15) is 51.0 Å². The van der Waals surface area contributed by atoms with E-state index in [4.69, 9.17) is 16.3 Å². The molecule has 0 aromatic heterocycles. The molecule has 1 aromatic rings. The second-order valence-electron chi connectivity index (χ2n) is 6.83. The minimum atomic E-state index is -0.808. The third-order valence-corrected chi connectivity index (χ3v) is 4.80. The number of hydrogen-bond donors (Lipinski definition) is 1. The molecular formula is C19H23ClN2O3. The number of hydrogen-bond acceptors (Lipinski definition) is 4. The highest BCUT2D eigenvalue weighted by Crippen LogP contribution is 2.29. The third kappa shape index (κ3) is 4.96. The Balaban J connectivity index is 1.96. The van der Waals surface area contributed by atoms with Crippen LogP contribution in [-0.2, 0) is 14.3 Å². The van der Waals surface area contributed by atoms with Crippen LogP contribution in [0.25, 0.3) is 0 Å². The minimum Gasteiger partial charge on any atom is -0.455 e. The van der Waals surface area contributed by atoms with E-state index >= 15 is 0 Å². The van der Waals surface area contributed by atoms with Gasteiger partial charge in [0.1, 0.15) is 5.54 Å². The van der Waals surface area contributed by atoms with Crippen molar-refractivity contribution in [2.45, 2.75) is 51.0 Å². The lowest BCUT2D eigenvalue weighted by Gasteiger charge is -2.23. The quantitative estimate of drug-likeness (QED) is 0.784. The molecule has 0 aliphatic heterocycles. The maximum absolute atomic E-state index is 12.5. The van der Waals surface area contributed by atoms with Gasteiger partial charge < -0.3 is 10.1 Å². The maximum atomic E-state index is 12.5. The summed E-state index contributed by atoms with van der Waals surface area (Å²) in [6.45, 7) is 3.46. The Morgan fingerprint density at radius 3 is 2.40 bits per heavy atom. The van der Waals surface area contributed by atoms with Gasteiger partial charge in [0.05, 0.1) is 12.0 Å². The van der Waals surface area contributed by atoms with Crippen molar-refractivity contribution in [3.05, 3.63) is 34.9 Å². The summed E-state index contributed by atoms with van der Waals surface area (Å²) < 4.78 is 5.22. The average molecular weight is 363 g/mol. The molecule has 0 bridgehead atoms. The smallest absolute Gasteiger partial charge is 0.314 e. The van der Waals surface area contributed by atoms with Crippen molar-refractivity contribution in [3.63, 3.8) is 0 Å². The summed E-state index contributed by atoms with van der Waals surface area (Å²) >= 11 is 5.89. The Morgan fingerprint density at radius 2 is 1.88 bits per heavy atom. The summed E-state index contributed by atoms with van der Waals surface area (Å²) in [7, 11) is 0. The lowest BCUT2D eigenvalue weighted by atomic mass is 9.88. The zero-order valence-corrected chi connectivity index (χ0v) is 15.3. The number of esters is 1. The second-order valence-corrected chi connectivity index (χ2v) is 7.27. The van der Waals surface area contributed by atoms with E-state index < -0.39 is 23.3 Å². The van der Waals surface area contributed by atoms with Crippen molar-refractivity contribution in [2.75, 3.05) is 6.61 Å². The molecule has 25 heavy (non-hydrogen) atoms. The number of carbonyl (C=O) groups is 2. The van der Waals surface area contributed by atoms with Crippen LogP contribution in [0.2, 0.25) is 5.02 Å². The Hall–Kier alpha value is -2.06. The highest BCUT2D eigenvalue weighted by molar-refractivity contribution is 6.30. The average Bonchev–Trinajstić information content (AvgIpc) is 3.03. The summed E-state index contributed by atoms with van der Waals surface area (Å²) in [6, 6.07) is 9.21. The van der Waals surface area contributed by atoms with Gasteiger partial charge in [-0.25, -0.2) is 0 Å². The van der Waals surface area contributed by atoms with Crippen molar-refractivity contribution in [1.29, 1.82) is 5.26 Å². The predicted octanol–water partition coefficient (Wildman–Crippen LogP) is 3.58. The first-order chi connectivity index (χ1) is 11.9. The molecule has 1 aromatic carbocycles. The highest BCUT2D eigenvalue weighted by atomic mass is 35.5. The first kappa shape index (κ1) is 19.3. The van der Waals surface area contributed by atoms with Gasteiger partial charge in [0.25, 0.3) is 5.91 Å². The van der Waals surface area contributed by atoms with Gasteiger partial charge in [0, 0.05) is 5.02 Å². The van der Waals surface area contributed by atoms with E-state index in [9.17, 15) is 14.9 Å².